The van der Waals surface area contributed by atoms with Crippen molar-refractivity contribution in [3.63, 3.8) is 0 Å². The molecule has 0 aliphatic carbocycles. The second-order valence-corrected chi connectivity index (χ2v) is 5.89. The van der Waals surface area contributed by atoms with E-state index in [-0.39, 0.29) is 10.2 Å². The minimum atomic E-state index is -0.361. The number of fused-ring (bicyclic) bond motifs is 1. The van der Waals surface area contributed by atoms with Crippen LogP contribution in [0, 0.1) is 5.21 Å². The predicted octanol–water partition coefficient (Wildman–Crippen LogP) is 3.66. The zero-order valence-corrected chi connectivity index (χ0v) is 11.7. The summed E-state index contributed by atoms with van der Waals surface area (Å²) < 4.78 is -0.290. The summed E-state index contributed by atoms with van der Waals surface area (Å²) in [5.41, 5.74) is 2.63. The van der Waals surface area contributed by atoms with Gasteiger partial charge < -0.3 is 15.2 Å². The van der Waals surface area contributed by atoms with Gasteiger partial charge >= 0.3 is 0 Å². The Hall–Kier alpha value is -1.32. The smallest absolute Gasteiger partial charge is 0.156 e. The number of para-hydroxylation sites is 2. The first-order valence-electron chi connectivity index (χ1n) is 6.43. The van der Waals surface area contributed by atoms with E-state index in [4.69, 9.17) is 0 Å². The van der Waals surface area contributed by atoms with Crippen molar-refractivity contribution >= 4 is 11.4 Å². The summed E-state index contributed by atoms with van der Waals surface area (Å²) in [6.45, 7) is 9.32. The molecule has 0 spiro atoms. The molecule has 1 aromatic rings. The van der Waals surface area contributed by atoms with E-state index in [9.17, 15) is 5.21 Å². The third-order valence-corrected chi connectivity index (χ3v) is 3.74. The van der Waals surface area contributed by atoms with Gasteiger partial charge in [0.2, 0.25) is 0 Å². The topological polar surface area (TPSA) is 35.1 Å². The SMILES string of the molecule is CC(C)=CC[N+]1([O-])c2ccccc2NCC1(C)C. The van der Waals surface area contributed by atoms with Crippen LogP contribution in [0.15, 0.2) is 35.9 Å². The number of hydrogen-bond donors (Lipinski definition) is 1. The molecule has 1 unspecified atom stereocenters. The van der Waals surface area contributed by atoms with Gasteiger partial charge in [-0.3, -0.25) is 0 Å². The zero-order chi connectivity index (χ0) is 13.4. The summed E-state index contributed by atoms with van der Waals surface area (Å²) in [6, 6.07) is 7.83. The lowest BCUT2D eigenvalue weighted by molar-refractivity contribution is 0.210. The van der Waals surface area contributed by atoms with Crippen LogP contribution in [0.5, 0.6) is 0 Å². The molecule has 1 atom stereocenters. The number of anilines is 1. The lowest BCUT2D eigenvalue weighted by Gasteiger charge is -2.56. The molecule has 3 heteroatoms. The van der Waals surface area contributed by atoms with Crippen molar-refractivity contribution in [3.8, 4) is 0 Å². The maximum atomic E-state index is 13.4. The standard InChI is InChI=1S/C15H22N2O/c1-12(2)9-10-17(18)14-8-6-5-7-13(14)16-11-15(17,3)4/h5-9,16H,10-11H2,1-4H3. The average molecular weight is 246 g/mol. The van der Waals surface area contributed by atoms with E-state index < -0.39 is 0 Å². The average Bonchev–Trinajstić information content (AvgIpc) is 2.32. The fourth-order valence-electron chi connectivity index (χ4n) is 2.36. The fraction of sp³-hybridized carbons (Fsp3) is 0.467. The van der Waals surface area contributed by atoms with E-state index in [0.29, 0.717) is 13.1 Å². The molecule has 2 rings (SSSR count). The van der Waals surface area contributed by atoms with Crippen LogP contribution in [0.2, 0.25) is 0 Å². The number of hydrogen-bond acceptors (Lipinski definition) is 2. The van der Waals surface area contributed by atoms with E-state index in [2.05, 4.69) is 5.32 Å². The second kappa shape index (κ2) is 4.41. The van der Waals surface area contributed by atoms with Crippen molar-refractivity contribution in [1.82, 2.24) is 4.65 Å². The summed E-state index contributed by atoms with van der Waals surface area (Å²) in [4.78, 5) is 0. The number of nitrogens with one attached hydrogen (secondary N) is 1. The van der Waals surface area contributed by atoms with Crippen molar-refractivity contribution in [2.75, 3.05) is 18.4 Å². The molecular weight excluding hydrogens is 224 g/mol. The Bertz CT molecular complexity index is 475. The Labute approximate surface area is 109 Å². The van der Waals surface area contributed by atoms with Gasteiger partial charge in [-0.25, -0.2) is 0 Å². The highest BCUT2D eigenvalue weighted by molar-refractivity contribution is 5.71. The van der Waals surface area contributed by atoms with Crippen molar-refractivity contribution in [2.24, 2.45) is 0 Å². The summed E-state index contributed by atoms with van der Waals surface area (Å²) in [7, 11) is 0. The Morgan fingerprint density at radius 3 is 2.72 bits per heavy atom. The largest absolute Gasteiger partial charge is 0.627 e. The van der Waals surface area contributed by atoms with Crippen LogP contribution in [0.4, 0.5) is 11.4 Å². The third kappa shape index (κ3) is 2.04. The van der Waals surface area contributed by atoms with Crippen LogP contribution >= 0.6 is 0 Å². The quantitative estimate of drug-likeness (QED) is 0.491. The number of benzene rings is 1. The molecule has 0 aromatic heterocycles. The lowest BCUT2D eigenvalue weighted by Crippen LogP contribution is -2.64. The first kappa shape index (κ1) is 13.1. The van der Waals surface area contributed by atoms with Gasteiger partial charge in [-0.2, -0.15) is 0 Å². The van der Waals surface area contributed by atoms with Crippen LogP contribution in [-0.4, -0.2) is 18.6 Å². The van der Waals surface area contributed by atoms with Crippen LogP contribution in [-0.2, 0) is 0 Å². The molecule has 18 heavy (non-hydrogen) atoms. The van der Waals surface area contributed by atoms with Crippen LogP contribution in [0.1, 0.15) is 27.7 Å². The molecule has 0 amide bonds. The molecule has 3 nitrogen and oxygen atoms in total. The monoisotopic (exact) mass is 246 g/mol. The fourth-order valence-corrected chi connectivity index (χ4v) is 2.36. The second-order valence-electron chi connectivity index (χ2n) is 5.89. The van der Waals surface area contributed by atoms with Gasteiger partial charge in [-0.05, 0) is 39.8 Å². The number of allylic oxidation sites excluding steroid dienone is 1. The molecule has 1 aromatic carbocycles. The van der Waals surface area contributed by atoms with Crippen molar-refractivity contribution < 1.29 is 0 Å². The molecule has 0 saturated heterocycles. The lowest BCUT2D eigenvalue weighted by atomic mass is 9.96. The summed E-state index contributed by atoms with van der Waals surface area (Å²) in [6.07, 6.45) is 2.04. The molecule has 1 aliphatic rings. The molecule has 0 bridgehead atoms. The van der Waals surface area contributed by atoms with Crippen molar-refractivity contribution in [2.45, 2.75) is 33.2 Å². The Balaban J connectivity index is 2.50. The maximum absolute atomic E-state index is 13.4. The van der Waals surface area contributed by atoms with Crippen LogP contribution in [0.3, 0.4) is 0 Å². The first-order valence-corrected chi connectivity index (χ1v) is 6.43. The van der Waals surface area contributed by atoms with E-state index in [0.717, 1.165) is 11.4 Å². The van der Waals surface area contributed by atoms with Gasteiger partial charge in [-0.15, -0.1) is 0 Å². The highest BCUT2D eigenvalue weighted by Crippen LogP contribution is 2.41. The number of hydroxylamine groups is 2. The van der Waals surface area contributed by atoms with E-state index in [1.54, 1.807) is 0 Å². The first-order chi connectivity index (χ1) is 8.37. The van der Waals surface area contributed by atoms with Gasteiger partial charge in [0, 0.05) is 6.07 Å². The van der Waals surface area contributed by atoms with Gasteiger partial charge in [0.25, 0.3) is 0 Å². The minimum Gasteiger partial charge on any atom is -0.627 e. The molecule has 0 fully saturated rings. The van der Waals surface area contributed by atoms with Crippen molar-refractivity contribution in [1.29, 1.82) is 0 Å². The highest BCUT2D eigenvalue weighted by atomic mass is 16.6. The Kier molecular flexibility index (Phi) is 3.21. The predicted molar refractivity (Wildman–Crippen MR) is 78.5 cm³/mol. The number of nitrogens with zero attached hydrogens (tertiary/aromatic N) is 1. The van der Waals surface area contributed by atoms with Crippen molar-refractivity contribution in [3.05, 3.63) is 41.1 Å². The van der Waals surface area contributed by atoms with E-state index in [1.165, 1.54) is 5.57 Å². The summed E-state index contributed by atoms with van der Waals surface area (Å²) in [5.74, 6) is 0. The number of quaternary nitrogens is 1. The van der Waals surface area contributed by atoms with Gasteiger partial charge in [-0.1, -0.05) is 17.7 Å². The Morgan fingerprint density at radius 2 is 2.06 bits per heavy atom. The maximum Gasteiger partial charge on any atom is 0.156 e. The molecular formula is C15H22N2O. The molecule has 1 N–H and O–H groups in total. The summed E-state index contributed by atoms with van der Waals surface area (Å²) in [5, 5.41) is 16.7. The molecule has 1 aliphatic heterocycles. The normalized spacial score (nSPS) is 24.9. The van der Waals surface area contributed by atoms with Gasteiger partial charge in [0.15, 0.2) is 5.69 Å². The zero-order valence-electron chi connectivity index (χ0n) is 11.7. The minimum absolute atomic E-state index is 0.290. The molecule has 98 valence electrons. The highest BCUT2D eigenvalue weighted by Gasteiger charge is 2.42. The molecule has 1 heterocycles. The number of rotatable bonds is 2. The van der Waals surface area contributed by atoms with Gasteiger partial charge in [0.05, 0.1) is 12.2 Å². The van der Waals surface area contributed by atoms with E-state index >= 15 is 0 Å². The summed E-state index contributed by atoms with van der Waals surface area (Å²) >= 11 is 0. The third-order valence-electron chi connectivity index (χ3n) is 3.74. The molecule has 0 radical (unpaired) electrons. The molecule has 0 saturated carbocycles. The van der Waals surface area contributed by atoms with Gasteiger partial charge in [0.1, 0.15) is 12.1 Å². The van der Waals surface area contributed by atoms with Crippen LogP contribution < -0.4 is 9.96 Å². The van der Waals surface area contributed by atoms with E-state index in [1.807, 2.05) is 58.0 Å². The Morgan fingerprint density at radius 1 is 1.39 bits per heavy atom. The van der Waals surface area contributed by atoms with Crippen LogP contribution in [0.25, 0.3) is 0 Å².